The minimum atomic E-state index is -3.37. The Morgan fingerprint density at radius 2 is 1.86 bits per heavy atom. The second-order valence-corrected chi connectivity index (χ2v) is 13.2. The second kappa shape index (κ2) is 13.8. The number of nitrogen functional groups attached to an aromatic ring is 1. The van der Waals surface area contributed by atoms with E-state index in [1.807, 2.05) is 47.0 Å². The summed E-state index contributed by atoms with van der Waals surface area (Å²) in [4.78, 5) is 22.0. The zero-order chi connectivity index (χ0) is 32.8. The van der Waals surface area contributed by atoms with E-state index >= 15 is 0 Å². The van der Waals surface area contributed by atoms with Crippen LogP contribution >= 0.6 is 0 Å². The molecule has 0 bridgehead atoms. The molecule has 0 fully saturated rings. The molecular formula is C30H41N7O6S. The van der Waals surface area contributed by atoms with Crippen LogP contribution in [0.3, 0.4) is 0 Å². The summed E-state index contributed by atoms with van der Waals surface area (Å²) in [5, 5.41) is 13.2. The lowest BCUT2D eigenvalue weighted by Gasteiger charge is -2.22. The Labute approximate surface area is 258 Å². The second-order valence-electron chi connectivity index (χ2n) is 11.4. The summed E-state index contributed by atoms with van der Waals surface area (Å²) < 4.78 is 37.7. The molecule has 238 valence electrons. The minimum absolute atomic E-state index is 0.131. The Morgan fingerprint density at radius 1 is 1.16 bits per heavy atom. The lowest BCUT2D eigenvalue weighted by Crippen LogP contribution is -2.21. The smallest absolute Gasteiger partial charge is 0.352 e. The van der Waals surface area contributed by atoms with E-state index in [0.29, 0.717) is 46.8 Å². The van der Waals surface area contributed by atoms with Crippen molar-refractivity contribution in [2.24, 2.45) is 7.05 Å². The Morgan fingerprint density at radius 3 is 2.45 bits per heavy atom. The fourth-order valence-corrected chi connectivity index (χ4v) is 4.79. The van der Waals surface area contributed by atoms with Crippen LogP contribution < -0.4 is 25.2 Å². The van der Waals surface area contributed by atoms with Gasteiger partial charge >= 0.3 is 5.97 Å². The molecule has 44 heavy (non-hydrogen) atoms. The predicted octanol–water partition coefficient (Wildman–Crippen LogP) is 4.38. The van der Waals surface area contributed by atoms with E-state index < -0.39 is 16.0 Å². The number of carbonyl (C=O) groups is 1. The number of carboxylic acids is 1. The van der Waals surface area contributed by atoms with Crippen molar-refractivity contribution in [3.63, 3.8) is 0 Å². The van der Waals surface area contributed by atoms with Gasteiger partial charge in [-0.15, -0.1) is 0 Å². The van der Waals surface area contributed by atoms with Crippen LogP contribution in [0, 0.1) is 0 Å². The van der Waals surface area contributed by atoms with E-state index in [0.717, 1.165) is 23.8 Å². The molecule has 0 saturated carbocycles. The first-order chi connectivity index (χ1) is 20.5. The molecule has 0 saturated heterocycles. The van der Waals surface area contributed by atoms with Gasteiger partial charge in [-0.25, -0.2) is 18.2 Å². The van der Waals surface area contributed by atoms with Crippen LogP contribution in [0.15, 0.2) is 48.7 Å². The number of ether oxygens (including phenoxy) is 2. The minimum Gasteiger partial charge on any atom is -0.492 e. The molecule has 0 atom stereocenters. The van der Waals surface area contributed by atoms with Gasteiger partial charge in [-0.2, -0.15) is 4.98 Å². The number of hydrogen-bond donors (Lipinski definition) is 4. The Bertz CT molecular complexity index is 1730. The number of hydrogen-bond acceptors (Lipinski definition) is 10. The highest BCUT2D eigenvalue weighted by Crippen LogP contribution is 2.37. The molecule has 0 radical (unpaired) electrons. The van der Waals surface area contributed by atoms with Crippen molar-refractivity contribution in [3.05, 3.63) is 59.9 Å². The first-order valence-corrected chi connectivity index (χ1v) is 15.6. The number of carboxylic acid groups (broad SMARTS) is 1. The number of fused-ring (bicyclic) bond motifs is 1. The number of nitrogens with two attached hydrogens (primary N) is 1. The zero-order valence-electron chi connectivity index (χ0n) is 26.3. The van der Waals surface area contributed by atoms with Gasteiger partial charge in [0.05, 0.1) is 30.3 Å². The third-order valence-electron chi connectivity index (χ3n) is 6.41. The van der Waals surface area contributed by atoms with Crippen molar-refractivity contribution in [1.29, 1.82) is 0 Å². The zero-order valence-corrected chi connectivity index (χ0v) is 27.1. The summed E-state index contributed by atoms with van der Waals surface area (Å²) in [6, 6.07) is 12.3. The maximum Gasteiger partial charge on any atom is 0.352 e. The summed E-state index contributed by atoms with van der Waals surface area (Å²) >= 11 is 0. The van der Waals surface area contributed by atoms with Gasteiger partial charge in [-0.05, 0) is 49.3 Å². The van der Waals surface area contributed by atoms with Crippen molar-refractivity contribution in [2.75, 3.05) is 56.3 Å². The molecule has 2 aromatic heterocycles. The largest absolute Gasteiger partial charge is 0.492 e. The number of para-hydroxylation sites is 1. The van der Waals surface area contributed by atoms with Gasteiger partial charge in [0, 0.05) is 37.8 Å². The van der Waals surface area contributed by atoms with Crippen molar-refractivity contribution in [1.82, 2.24) is 19.4 Å². The summed E-state index contributed by atoms with van der Waals surface area (Å²) in [6.07, 6.45) is 2.71. The number of rotatable bonds is 10. The first kappa shape index (κ1) is 33.9. The molecule has 4 aromatic rings. The van der Waals surface area contributed by atoms with E-state index in [1.165, 1.54) is 7.11 Å². The number of benzene rings is 2. The molecule has 2 heterocycles. The van der Waals surface area contributed by atoms with Crippen LogP contribution in [0.1, 0.15) is 36.8 Å². The molecule has 5 N–H and O–H groups in total. The van der Waals surface area contributed by atoms with Crippen LogP contribution in [-0.2, 0) is 22.5 Å². The topological polar surface area (TPSA) is 174 Å². The molecule has 0 amide bonds. The lowest BCUT2D eigenvalue weighted by atomic mass is 9.86. The maximum atomic E-state index is 11.4. The van der Waals surface area contributed by atoms with Crippen LogP contribution in [0.2, 0.25) is 0 Å². The number of sulfonamides is 1. The molecular weight excluding hydrogens is 586 g/mol. The number of likely N-dealkylation sites (N-methyl/N-ethyl adjacent to an activating group) is 1. The number of aromatic carboxylic acids is 1. The highest BCUT2D eigenvalue weighted by Gasteiger charge is 2.20. The van der Waals surface area contributed by atoms with Crippen LogP contribution in [0.5, 0.6) is 17.4 Å². The number of nitrogens with zero attached hydrogens (tertiary/aromatic N) is 4. The predicted molar refractivity (Wildman–Crippen MR) is 174 cm³/mol. The van der Waals surface area contributed by atoms with Gasteiger partial charge in [-0.3, -0.25) is 4.72 Å². The SMILES string of the molecule is CN(C)CCNc1nccc(Oc2cccc3cc(C(=O)O)n(C)c23)n1.COc1c(N)cc(C(C)(C)C)cc1NS(C)(=O)=O. The third kappa shape index (κ3) is 8.97. The third-order valence-corrected chi connectivity index (χ3v) is 7.00. The van der Waals surface area contributed by atoms with E-state index in [2.05, 4.69) is 24.9 Å². The summed E-state index contributed by atoms with van der Waals surface area (Å²) in [5.74, 6) is 0.764. The number of methoxy groups -OCH3 is 1. The quantitative estimate of drug-likeness (QED) is 0.184. The molecule has 0 aliphatic heterocycles. The fourth-order valence-electron chi connectivity index (χ4n) is 4.24. The van der Waals surface area contributed by atoms with Gasteiger partial charge in [0.2, 0.25) is 21.9 Å². The van der Waals surface area contributed by atoms with Gasteiger partial charge in [0.25, 0.3) is 0 Å². The standard InChI is InChI=1S/C18H21N5O3.C12H20N2O3S/c1-22(2)10-9-20-18-19-8-7-15(21-18)26-14-6-4-5-12-11-13(17(24)25)23(3)16(12)14;1-12(2,3)8-6-9(13)11(17-4)10(7-8)14-18(5,15)16/h4-8,11H,9-10H2,1-3H3,(H,24,25)(H,19,20,21);6-7,14H,13H2,1-5H3. The van der Waals surface area contributed by atoms with E-state index in [9.17, 15) is 18.3 Å². The Kier molecular flexibility index (Phi) is 10.7. The molecule has 13 nitrogen and oxygen atoms in total. The number of anilines is 3. The average molecular weight is 628 g/mol. The highest BCUT2D eigenvalue weighted by atomic mass is 32.2. The van der Waals surface area contributed by atoms with Gasteiger partial charge in [-0.1, -0.05) is 32.9 Å². The van der Waals surface area contributed by atoms with Crippen molar-refractivity contribution < 1.29 is 27.8 Å². The number of nitrogens with one attached hydrogen (secondary N) is 2. The first-order valence-electron chi connectivity index (χ1n) is 13.7. The van der Waals surface area contributed by atoms with Crippen molar-refractivity contribution in [2.45, 2.75) is 26.2 Å². The molecule has 14 heteroatoms. The fraction of sp³-hybridized carbons (Fsp3) is 0.367. The number of aromatic nitrogens is 3. The molecule has 4 rings (SSSR count). The van der Waals surface area contributed by atoms with Crippen LogP contribution in [-0.4, -0.2) is 79.5 Å². The van der Waals surface area contributed by atoms with Crippen molar-refractivity contribution >= 4 is 44.2 Å². The van der Waals surface area contributed by atoms with Crippen molar-refractivity contribution in [3.8, 4) is 17.4 Å². The van der Waals surface area contributed by atoms with Gasteiger partial charge in [0.15, 0.2) is 11.5 Å². The maximum absolute atomic E-state index is 11.4. The molecule has 2 aromatic carbocycles. The number of aryl methyl sites for hydroxylation is 1. The monoisotopic (exact) mass is 627 g/mol. The van der Waals surface area contributed by atoms with Crippen LogP contribution in [0.4, 0.5) is 17.3 Å². The van der Waals surface area contributed by atoms with E-state index in [1.54, 1.807) is 48.1 Å². The molecule has 0 aliphatic rings. The summed E-state index contributed by atoms with van der Waals surface area (Å²) in [6.45, 7) is 7.65. The Hall–Kier alpha value is -4.56. The summed E-state index contributed by atoms with van der Waals surface area (Å²) in [7, 11) is 3.77. The van der Waals surface area contributed by atoms with Gasteiger partial charge in [0.1, 0.15) is 5.69 Å². The normalized spacial score (nSPS) is 11.6. The Balaban J connectivity index is 0.000000259. The average Bonchev–Trinajstić information content (AvgIpc) is 3.25. The molecule has 0 spiro atoms. The molecule has 0 unspecified atom stereocenters. The lowest BCUT2D eigenvalue weighted by molar-refractivity contribution is 0.0687. The van der Waals surface area contributed by atoms with Crippen LogP contribution in [0.25, 0.3) is 10.9 Å². The summed E-state index contributed by atoms with van der Waals surface area (Å²) in [5.41, 5.74) is 8.37. The van der Waals surface area contributed by atoms with Gasteiger partial charge < -0.3 is 35.1 Å². The molecule has 0 aliphatic carbocycles. The van der Waals surface area contributed by atoms with E-state index in [-0.39, 0.29) is 11.1 Å². The highest BCUT2D eigenvalue weighted by molar-refractivity contribution is 7.92. The van der Waals surface area contributed by atoms with E-state index in [4.69, 9.17) is 15.2 Å².